The van der Waals surface area contributed by atoms with Crippen LogP contribution >= 0.6 is 0 Å². The summed E-state index contributed by atoms with van der Waals surface area (Å²) in [4.78, 5) is 24.1. The maximum Gasteiger partial charge on any atom is 0.313 e. The minimum atomic E-state index is -0.767. The van der Waals surface area contributed by atoms with Crippen LogP contribution in [0, 0.1) is 11.3 Å². The summed E-state index contributed by atoms with van der Waals surface area (Å²) in [6.45, 7) is 3.49. The fourth-order valence-electron chi connectivity index (χ4n) is 2.68. The van der Waals surface area contributed by atoms with E-state index < -0.39 is 11.4 Å². The Morgan fingerprint density at radius 1 is 1.31 bits per heavy atom. The van der Waals surface area contributed by atoms with Crippen LogP contribution in [0.25, 0.3) is 0 Å². The molecule has 0 atom stereocenters. The first kappa shape index (κ1) is 11.4. The Hall–Kier alpha value is -1.10. The van der Waals surface area contributed by atoms with Crippen LogP contribution in [0.15, 0.2) is 0 Å². The average Bonchev–Trinajstić information content (AvgIpc) is 2.16. The van der Waals surface area contributed by atoms with E-state index in [0.717, 1.165) is 12.8 Å². The van der Waals surface area contributed by atoms with Crippen molar-refractivity contribution in [1.82, 2.24) is 4.90 Å². The van der Waals surface area contributed by atoms with E-state index in [1.54, 1.807) is 4.90 Å². The van der Waals surface area contributed by atoms with Crippen LogP contribution in [0.2, 0.25) is 0 Å². The van der Waals surface area contributed by atoms with Crippen molar-refractivity contribution >= 4 is 11.9 Å². The molecule has 0 unspecified atom stereocenters. The summed E-state index contributed by atoms with van der Waals surface area (Å²) < 4.78 is 5.24. The van der Waals surface area contributed by atoms with Crippen LogP contribution in [-0.2, 0) is 14.3 Å². The molecule has 2 heterocycles. The molecule has 0 aromatic heterocycles. The van der Waals surface area contributed by atoms with Gasteiger partial charge in [0.2, 0.25) is 5.91 Å². The van der Waals surface area contributed by atoms with Gasteiger partial charge in [0.15, 0.2) is 0 Å². The van der Waals surface area contributed by atoms with Gasteiger partial charge in [-0.2, -0.15) is 0 Å². The van der Waals surface area contributed by atoms with Crippen LogP contribution in [0.5, 0.6) is 0 Å². The minimum absolute atomic E-state index is 0.0380. The van der Waals surface area contributed by atoms with Crippen LogP contribution in [0.1, 0.15) is 19.8 Å². The smallest absolute Gasteiger partial charge is 0.313 e. The average molecular weight is 227 g/mol. The lowest BCUT2D eigenvalue weighted by molar-refractivity contribution is -0.176. The lowest BCUT2D eigenvalue weighted by Crippen LogP contribution is -2.65. The maximum absolute atomic E-state index is 11.4. The topological polar surface area (TPSA) is 66.8 Å². The summed E-state index contributed by atoms with van der Waals surface area (Å²) in [6, 6.07) is 0. The Balaban J connectivity index is 2.07. The van der Waals surface area contributed by atoms with Gasteiger partial charge in [-0.15, -0.1) is 0 Å². The molecular formula is C11H17NO4. The Bertz CT molecular complexity index is 303. The molecule has 2 fully saturated rings. The molecule has 0 aliphatic carbocycles. The summed E-state index contributed by atoms with van der Waals surface area (Å²) >= 11 is 0. The first-order valence-corrected chi connectivity index (χ1v) is 5.63. The predicted molar refractivity (Wildman–Crippen MR) is 55.9 cm³/mol. The SMILES string of the molecule is CC(=O)N1CC(C(=O)O)(C2CCOCC2)C1. The number of ether oxygens (including phenoxy) is 1. The van der Waals surface area contributed by atoms with Crippen molar-refractivity contribution in [3.8, 4) is 0 Å². The fourth-order valence-corrected chi connectivity index (χ4v) is 2.68. The molecule has 5 heteroatoms. The highest BCUT2D eigenvalue weighted by Gasteiger charge is 2.55. The zero-order valence-electron chi connectivity index (χ0n) is 9.44. The van der Waals surface area contributed by atoms with Crippen molar-refractivity contribution in [2.45, 2.75) is 19.8 Å². The molecule has 2 saturated heterocycles. The molecule has 0 aromatic carbocycles. The lowest BCUT2D eigenvalue weighted by Gasteiger charge is -2.51. The number of hydrogen-bond donors (Lipinski definition) is 1. The number of carboxylic acid groups (broad SMARTS) is 1. The number of nitrogens with zero attached hydrogens (tertiary/aromatic N) is 1. The lowest BCUT2D eigenvalue weighted by atomic mass is 9.66. The van der Waals surface area contributed by atoms with Gasteiger partial charge >= 0.3 is 5.97 Å². The maximum atomic E-state index is 11.4. The highest BCUT2D eigenvalue weighted by Crippen LogP contribution is 2.43. The van der Waals surface area contributed by atoms with Crippen LogP contribution in [0.4, 0.5) is 0 Å². The van der Waals surface area contributed by atoms with Crippen molar-refractivity contribution in [2.75, 3.05) is 26.3 Å². The van der Waals surface area contributed by atoms with Crippen LogP contribution in [0.3, 0.4) is 0 Å². The van der Waals surface area contributed by atoms with E-state index in [1.165, 1.54) is 6.92 Å². The van der Waals surface area contributed by atoms with E-state index in [0.29, 0.717) is 26.3 Å². The monoisotopic (exact) mass is 227 g/mol. The molecule has 2 rings (SSSR count). The molecule has 0 radical (unpaired) electrons. The van der Waals surface area contributed by atoms with E-state index in [2.05, 4.69) is 0 Å². The first-order chi connectivity index (χ1) is 7.56. The van der Waals surface area contributed by atoms with E-state index in [-0.39, 0.29) is 11.8 Å². The fraction of sp³-hybridized carbons (Fsp3) is 0.818. The predicted octanol–water partition coefficient (Wildman–Crippen LogP) is 0.346. The molecule has 90 valence electrons. The number of carbonyl (C=O) groups excluding carboxylic acids is 1. The number of rotatable bonds is 2. The second-order valence-corrected chi connectivity index (χ2v) is 4.72. The largest absolute Gasteiger partial charge is 0.481 e. The van der Waals surface area contributed by atoms with Gasteiger partial charge in [0.1, 0.15) is 5.41 Å². The van der Waals surface area contributed by atoms with Gasteiger partial charge in [-0.3, -0.25) is 9.59 Å². The van der Waals surface area contributed by atoms with Crippen molar-refractivity contribution < 1.29 is 19.4 Å². The molecule has 0 saturated carbocycles. The van der Waals surface area contributed by atoms with Gasteiger partial charge in [-0.05, 0) is 18.8 Å². The zero-order chi connectivity index (χ0) is 11.8. The quantitative estimate of drug-likeness (QED) is 0.739. The number of amides is 1. The van der Waals surface area contributed by atoms with Crippen molar-refractivity contribution in [2.24, 2.45) is 11.3 Å². The number of likely N-dealkylation sites (tertiary alicyclic amines) is 1. The molecule has 16 heavy (non-hydrogen) atoms. The summed E-state index contributed by atoms with van der Waals surface area (Å²) in [6.07, 6.45) is 1.58. The van der Waals surface area contributed by atoms with E-state index in [1.807, 2.05) is 0 Å². The van der Waals surface area contributed by atoms with E-state index in [4.69, 9.17) is 4.74 Å². The number of hydrogen-bond acceptors (Lipinski definition) is 3. The Morgan fingerprint density at radius 2 is 1.88 bits per heavy atom. The van der Waals surface area contributed by atoms with Gasteiger partial charge in [-0.1, -0.05) is 0 Å². The molecular weight excluding hydrogens is 210 g/mol. The van der Waals surface area contributed by atoms with E-state index >= 15 is 0 Å². The van der Waals surface area contributed by atoms with Crippen LogP contribution < -0.4 is 0 Å². The molecule has 1 N–H and O–H groups in total. The second kappa shape index (κ2) is 4.05. The molecule has 0 spiro atoms. The van der Waals surface area contributed by atoms with Gasteiger partial charge in [-0.25, -0.2) is 0 Å². The normalized spacial score (nSPS) is 24.9. The highest BCUT2D eigenvalue weighted by atomic mass is 16.5. The van der Waals surface area contributed by atoms with E-state index in [9.17, 15) is 14.7 Å². The first-order valence-electron chi connectivity index (χ1n) is 5.63. The highest BCUT2D eigenvalue weighted by molar-refractivity contribution is 5.82. The second-order valence-electron chi connectivity index (χ2n) is 4.72. The van der Waals surface area contributed by atoms with Crippen LogP contribution in [-0.4, -0.2) is 48.2 Å². The molecule has 5 nitrogen and oxygen atoms in total. The summed E-state index contributed by atoms with van der Waals surface area (Å²) in [5.41, 5.74) is -0.713. The molecule has 1 amide bonds. The van der Waals surface area contributed by atoms with Gasteiger partial charge < -0.3 is 14.7 Å². The van der Waals surface area contributed by atoms with Crippen molar-refractivity contribution in [1.29, 1.82) is 0 Å². The molecule has 0 aromatic rings. The third-order valence-corrected chi connectivity index (χ3v) is 3.82. The van der Waals surface area contributed by atoms with Gasteiger partial charge in [0.25, 0.3) is 0 Å². The third-order valence-electron chi connectivity index (χ3n) is 3.82. The number of aliphatic carboxylic acids is 1. The molecule has 2 aliphatic heterocycles. The molecule has 0 bridgehead atoms. The van der Waals surface area contributed by atoms with Gasteiger partial charge in [0.05, 0.1) is 0 Å². The minimum Gasteiger partial charge on any atom is -0.481 e. The van der Waals surface area contributed by atoms with Crippen molar-refractivity contribution in [3.63, 3.8) is 0 Å². The summed E-state index contributed by atoms with van der Waals surface area (Å²) in [7, 11) is 0. The summed E-state index contributed by atoms with van der Waals surface area (Å²) in [5.74, 6) is -0.657. The standard InChI is InChI=1S/C11H17NO4/c1-8(13)12-6-11(7-12,10(14)15)9-2-4-16-5-3-9/h9H,2-7H2,1H3,(H,14,15). The Labute approximate surface area is 94.4 Å². The number of carbonyl (C=O) groups is 2. The Kier molecular flexibility index (Phi) is 2.88. The van der Waals surface area contributed by atoms with Crippen molar-refractivity contribution in [3.05, 3.63) is 0 Å². The Morgan fingerprint density at radius 3 is 2.31 bits per heavy atom. The third kappa shape index (κ3) is 1.69. The molecule has 2 aliphatic rings. The number of carboxylic acids is 1. The summed E-state index contributed by atoms with van der Waals surface area (Å²) in [5, 5.41) is 9.36. The van der Waals surface area contributed by atoms with Gasteiger partial charge in [0, 0.05) is 33.2 Å². The zero-order valence-corrected chi connectivity index (χ0v) is 9.44.